The molecule has 57 heavy (non-hydrogen) atoms. The molecule has 0 N–H and O–H groups in total. The third kappa shape index (κ3) is 5.27. The Morgan fingerprint density at radius 2 is 0.895 bits per heavy atom. The molecule has 1 nitrogen and oxygen atoms in total. The highest BCUT2D eigenvalue weighted by Gasteiger charge is 2.43. The van der Waals surface area contributed by atoms with Crippen LogP contribution in [0.3, 0.4) is 0 Å². The van der Waals surface area contributed by atoms with Crippen molar-refractivity contribution < 1.29 is 0 Å². The number of nitrogens with zero attached hydrogens (tertiary/aromatic N) is 1. The van der Waals surface area contributed by atoms with Crippen LogP contribution in [-0.4, -0.2) is 0 Å². The van der Waals surface area contributed by atoms with Gasteiger partial charge in [-0.05, 0) is 132 Å². The zero-order valence-corrected chi connectivity index (χ0v) is 34.8. The summed E-state index contributed by atoms with van der Waals surface area (Å²) < 4.78 is 0. The van der Waals surface area contributed by atoms with Crippen LogP contribution in [0.25, 0.3) is 44.5 Å². The SMILES string of the molecule is CC1(C)CCC(C)(C)c2c1ccc(-c1ccccc1)c2-c1cc2c(cc1N(c1ccccc1)c1ccc3c(c1)C(C)(C)c1ccccc1-3)C(C)(C)c1ccccc1-2. The fourth-order valence-electron chi connectivity index (χ4n) is 10.8. The number of hydrogen-bond donors (Lipinski definition) is 0. The molecule has 3 aliphatic rings. The van der Waals surface area contributed by atoms with Crippen LogP contribution in [0.5, 0.6) is 0 Å². The average molecular weight is 740 g/mol. The van der Waals surface area contributed by atoms with Gasteiger partial charge in [0.05, 0.1) is 5.69 Å². The third-order valence-corrected chi connectivity index (χ3v) is 14.1. The van der Waals surface area contributed by atoms with E-state index >= 15 is 0 Å². The minimum Gasteiger partial charge on any atom is -0.310 e. The Morgan fingerprint density at radius 1 is 0.368 bits per heavy atom. The molecule has 0 amide bonds. The quantitative estimate of drug-likeness (QED) is 0.170. The van der Waals surface area contributed by atoms with Gasteiger partial charge in [-0.2, -0.15) is 0 Å². The lowest BCUT2D eigenvalue weighted by Gasteiger charge is -2.44. The molecular formula is C56H53N. The molecule has 0 spiro atoms. The van der Waals surface area contributed by atoms with E-state index in [9.17, 15) is 0 Å². The monoisotopic (exact) mass is 739 g/mol. The maximum atomic E-state index is 2.58. The normalized spacial score (nSPS) is 17.2. The van der Waals surface area contributed by atoms with E-state index in [4.69, 9.17) is 0 Å². The number of fused-ring (bicyclic) bond motifs is 7. The molecule has 0 saturated carbocycles. The van der Waals surface area contributed by atoms with Gasteiger partial charge in [0.1, 0.15) is 0 Å². The van der Waals surface area contributed by atoms with Crippen molar-refractivity contribution in [3.8, 4) is 44.5 Å². The van der Waals surface area contributed by atoms with Gasteiger partial charge in [-0.25, -0.2) is 0 Å². The maximum Gasteiger partial charge on any atom is 0.0543 e. The average Bonchev–Trinajstić information content (AvgIpc) is 3.58. The van der Waals surface area contributed by atoms with Crippen molar-refractivity contribution in [2.24, 2.45) is 0 Å². The largest absolute Gasteiger partial charge is 0.310 e. The van der Waals surface area contributed by atoms with Gasteiger partial charge in [0.2, 0.25) is 0 Å². The molecule has 10 rings (SSSR count). The van der Waals surface area contributed by atoms with Gasteiger partial charge in [0.15, 0.2) is 0 Å². The summed E-state index contributed by atoms with van der Waals surface area (Å²) in [5, 5.41) is 0. The van der Waals surface area contributed by atoms with Crippen molar-refractivity contribution in [3.63, 3.8) is 0 Å². The van der Waals surface area contributed by atoms with Crippen LogP contribution in [0.2, 0.25) is 0 Å². The van der Waals surface area contributed by atoms with Gasteiger partial charge in [-0.1, -0.05) is 171 Å². The lowest BCUT2D eigenvalue weighted by Crippen LogP contribution is -2.34. The summed E-state index contributed by atoms with van der Waals surface area (Å²) in [5.74, 6) is 0. The van der Waals surface area contributed by atoms with Crippen molar-refractivity contribution >= 4 is 17.1 Å². The van der Waals surface area contributed by atoms with Gasteiger partial charge >= 0.3 is 0 Å². The van der Waals surface area contributed by atoms with E-state index < -0.39 is 0 Å². The Labute approximate surface area is 340 Å². The van der Waals surface area contributed by atoms with Crippen molar-refractivity contribution in [1.82, 2.24) is 0 Å². The Balaban J connectivity index is 1.35. The highest BCUT2D eigenvalue weighted by atomic mass is 15.1. The minimum atomic E-state index is -0.164. The van der Waals surface area contributed by atoms with E-state index in [1.807, 2.05) is 0 Å². The molecule has 0 aromatic heterocycles. The minimum absolute atomic E-state index is 0.0284. The number of anilines is 3. The number of rotatable bonds is 5. The summed E-state index contributed by atoms with van der Waals surface area (Å²) in [6, 6.07) is 57.6. The number of hydrogen-bond acceptors (Lipinski definition) is 1. The molecule has 7 aromatic carbocycles. The molecule has 0 radical (unpaired) electrons. The van der Waals surface area contributed by atoms with Crippen molar-refractivity contribution in [2.75, 3.05) is 4.90 Å². The van der Waals surface area contributed by atoms with Gasteiger partial charge in [-0.15, -0.1) is 0 Å². The van der Waals surface area contributed by atoms with Crippen LogP contribution in [-0.2, 0) is 21.7 Å². The van der Waals surface area contributed by atoms with Gasteiger partial charge in [-0.3, -0.25) is 0 Å². The van der Waals surface area contributed by atoms with Crippen LogP contribution >= 0.6 is 0 Å². The predicted molar refractivity (Wildman–Crippen MR) is 242 cm³/mol. The number of benzene rings is 7. The van der Waals surface area contributed by atoms with Crippen LogP contribution in [0, 0.1) is 0 Å². The van der Waals surface area contributed by atoms with E-state index in [1.54, 1.807) is 0 Å². The first kappa shape index (κ1) is 35.7. The topological polar surface area (TPSA) is 3.24 Å². The lowest BCUT2D eigenvalue weighted by molar-refractivity contribution is 0.333. The Kier molecular flexibility index (Phi) is 7.79. The summed E-state index contributed by atoms with van der Waals surface area (Å²) in [6.45, 7) is 19.5. The second-order valence-electron chi connectivity index (χ2n) is 19.2. The van der Waals surface area contributed by atoms with E-state index in [2.05, 4.69) is 212 Å². The first-order valence-corrected chi connectivity index (χ1v) is 20.9. The molecular weight excluding hydrogens is 687 g/mol. The molecule has 1 heteroatoms. The number of para-hydroxylation sites is 1. The summed E-state index contributed by atoms with van der Waals surface area (Å²) in [5.41, 5.74) is 22.4. The highest BCUT2D eigenvalue weighted by molar-refractivity contribution is 6.00. The Morgan fingerprint density at radius 3 is 1.56 bits per heavy atom. The molecule has 3 aliphatic carbocycles. The molecule has 0 bridgehead atoms. The zero-order chi connectivity index (χ0) is 39.5. The fraction of sp³-hybridized carbons (Fsp3) is 0.250. The molecule has 0 unspecified atom stereocenters. The van der Waals surface area contributed by atoms with E-state index in [0.717, 1.165) is 12.1 Å². The van der Waals surface area contributed by atoms with Gasteiger partial charge < -0.3 is 4.90 Å². The maximum absolute atomic E-state index is 2.58. The van der Waals surface area contributed by atoms with Crippen LogP contribution in [0.15, 0.2) is 152 Å². The van der Waals surface area contributed by atoms with Crippen molar-refractivity contribution in [3.05, 3.63) is 185 Å². The van der Waals surface area contributed by atoms with Gasteiger partial charge in [0.25, 0.3) is 0 Å². The smallest absolute Gasteiger partial charge is 0.0543 e. The summed E-state index contributed by atoms with van der Waals surface area (Å²) in [7, 11) is 0. The van der Waals surface area contributed by atoms with Crippen molar-refractivity contribution in [1.29, 1.82) is 0 Å². The lowest BCUT2D eigenvalue weighted by atomic mass is 9.60. The fourth-order valence-corrected chi connectivity index (χ4v) is 10.8. The van der Waals surface area contributed by atoms with Crippen LogP contribution in [0.1, 0.15) is 102 Å². The van der Waals surface area contributed by atoms with E-state index in [1.165, 1.54) is 95.7 Å². The molecule has 7 aromatic rings. The summed E-state index contributed by atoms with van der Waals surface area (Å²) in [4.78, 5) is 2.57. The van der Waals surface area contributed by atoms with Crippen molar-refractivity contribution in [2.45, 2.75) is 89.9 Å². The molecule has 0 atom stereocenters. The predicted octanol–water partition coefficient (Wildman–Crippen LogP) is 15.5. The van der Waals surface area contributed by atoms with E-state index in [-0.39, 0.29) is 21.7 Å². The second kappa shape index (κ2) is 12.4. The summed E-state index contributed by atoms with van der Waals surface area (Å²) >= 11 is 0. The van der Waals surface area contributed by atoms with Gasteiger partial charge in [0, 0.05) is 27.8 Å². The molecule has 0 fully saturated rings. The second-order valence-corrected chi connectivity index (χ2v) is 19.2. The first-order chi connectivity index (χ1) is 27.3. The van der Waals surface area contributed by atoms with Crippen LogP contribution in [0.4, 0.5) is 17.1 Å². The standard InChI is InChI=1S/C56H53N/c1-53(2)31-32-54(3,4)52-47(53)30-29-39(36-19-11-9-12-20-36)51(52)44-34-43-41-24-16-18-26-46(41)56(7,8)49(43)35-50(44)57(37-21-13-10-14-22-37)38-27-28-42-40-23-15-17-25-45(40)55(5,6)48(42)33-38/h9-30,33-35H,31-32H2,1-8H3. The Hall–Kier alpha value is -5.66. The van der Waals surface area contributed by atoms with E-state index in [0.29, 0.717) is 0 Å². The highest BCUT2D eigenvalue weighted by Crippen LogP contribution is 2.59. The molecule has 0 aliphatic heterocycles. The molecule has 282 valence electrons. The molecule has 0 saturated heterocycles. The first-order valence-electron chi connectivity index (χ1n) is 20.9. The summed E-state index contributed by atoms with van der Waals surface area (Å²) in [6.07, 6.45) is 2.30. The Bertz CT molecular complexity index is 2730. The zero-order valence-electron chi connectivity index (χ0n) is 34.8. The molecule has 0 heterocycles. The third-order valence-electron chi connectivity index (χ3n) is 14.1. The van der Waals surface area contributed by atoms with Crippen LogP contribution < -0.4 is 4.90 Å².